The first-order chi connectivity index (χ1) is 8.00. The van der Waals surface area contributed by atoms with Gasteiger partial charge in [-0.3, -0.25) is 4.79 Å². The number of rotatable bonds is 6. The quantitative estimate of drug-likeness (QED) is 0.659. The molecule has 1 saturated carbocycles. The van der Waals surface area contributed by atoms with Crippen LogP contribution >= 0.6 is 0 Å². The van der Waals surface area contributed by atoms with Crippen molar-refractivity contribution in [2.45, 2.75) is 33.1 Å². The molecule has 0 aromatic rings. The summed E-state index contributed by atoms with van der Waals surface area (Å²) in [6.07, 6.45) is 3.62. The number of nitrogens with one attached hydrogen (secondary N) is 2. The molecule has 1 aliphatic rings. The summed E-state index contributed by atoms with van der Waals surface area (Å²) in [6.45, 7) is 4.56. The number of aliphatic carboxylic acids is 1. The minimum atomic E-state index is -0.862. The average Bonchev–Trinajstić information content (AvgIpc) is 2.14. The van der Waals surface area contributed by atoms with Gasteiger partial charge in [0.05, 0.1) is 5.92 Å². The summed E-state index contributed by atoms with van der Waals surface area (Å²) in [5, 5.41) is 14.3. The lowest BCUT2D eigenvalue weighted by atomic mass is 9.85. The number of amides is 2. The van der Waals surface area contributed by atoms with Gasteiger partial charge in [0.25, 0.3) is 0 Å². The van der Waals surface area contributed by atoms with Crippen LogP contribution in [0.4, 0.5) is 4.79 Å². The Bertz CT molecular complexity index is 275. The Hall–Kier alpha value is -1.26. The van der Waals surface area contributed by atoms with E-state index in [0.29, 0.717) is 12.5 Å². The molecule has 1 rings (SSSR count). The van der Waals surface area contributed by atoms with Crippen LogP contribution < -0.4 is 10.6 Å². The molecule has 1 atom stereocenters. The van der Waals surface area contributed by atoms with Crippen molar-refractivity contribution in [1.82, 2.24) is 10.6 Å². The number of carbonyl (C=O) groups is 2. The number of carboxylic acids is 1. The number of urea groups is 1. The molecule has 1 fully saturated rings. The molecule has 0 aromatic carbocycles. The molecule has 17 heavy (non-hydrogen) atoms. The topological polar surface area (TPSA) is 78.4 Å². The standard InChI is InChI=1S/C12H22N2O3/c1-8(2)10(11(15)16)7-14-12(17)13-6-9-4-3-5-9/h8-10H,3-7H2,1-2H3,(H,15,16)(H2,13,14,17). The van der Waals surface area contributed by atoms with Gasteiger partial charge in [-0.15, -0.1) is 0 Å². The maximum absolute atomic E-state index is 11.4. The maximum Gasteiger partial charge on any atom is 0.314 e. The molecule has 5 heteroatoms. The van der Waals surface area contributed by atoms with Crippen LogP contribution in [0.3, 0.4) is 0 Å². The van der Waals surface area contributed by atoms with E-state index in [-0.39, 0.29) is 18.5 Å². The molecule has 0 bridgehead atoms. The average molecular weight is 242 g/mol. The number of hydrogen-bond donors (Lipinski definition) is 3. The second-order valence-electron chi connectivity index (χ2n) is 5.08. The van der Waals surface area contributed by atoms with E-state index in [9.17, 15) is 9.59 Å². The highest BCUT2D eigenvalue weighted by molar-refractivity contribution is 5.75. The van der Waals surface area contributed by atoms with Gasteiger partial charge >= 0.3 is 12.0 Å². The van der Waals surface area contributed by atoms with Gasteiger partial charge in [0.15, 0.2) is 0 Å². The zero-order valence-electron chi connectivity index (χ0n) is 10.5. The van der Waals surface area contributed by atoms with E-state index in [1.165, 1.54) is 19.3 Å². The van der Waals surface area contributed by atoms with E-state index in [0.717, 1.165) is 0 Å². The number of hydrogen-bond acceptors (Lipinski definition) is 2. The monoisotopic (exact) mass is 242 g/mol. The van der Waals surface area contributed by atoms with E-state index >= 15 is 0 Å². The molecule has 0 radical (unpaired) electrons. The number of carbonyl (C=O) groups excluding carboxylic acids is 1. The largest absolute Gasteiger partial charge is 0.481 e. The van der Waals surface area contributed by atoms with Crippen LogP contribution in [0.1, 0.15) is 33.1 Å². The summed E-state index contributed by atoms with van der Waals surface area (Å²) in [6, 6.07) is -0.260. The van der Waals surface area contributed by atoms with Gasteiger partial charge in [0, 0.05) is 13.1 Å². The van der Waals surface area contributed by atoms with E-state index in [1.807, 2.05) is 13.8 Å². The first-order valence-electron chi connectivity index (χ1n) is 6.25. The lowest BCUT2D eigenvalue weighted by Gasteiger charge is -2.25. The smallest absolute Gasteiger partial charge is 0.314 e. The molecule has 0 saturated heterocycles. The second-order valence-corrected chi connectivity index (χ2v) is 5.08. The van der Waals surface area contributed by atoms with Gasteiger partial charge in [-0.1, -0.05) is 20.3 Å². The molecule has 1 unspecified atom stereocenters. The third-order valence-electron chi connectivity index (χ3n) is 3.38. The van der Waals surface area contributed by atoms with Gasteiger partial charge in [-0.05, 0) is 24.7 Å². The molecule has 0 aliphatic heterocycles. The third kappa shape index (κ3) is 4.63. The van der Waals surface area contributed by atoms with E-state index in [2.05, 4.69) is 10.6 Å². The van der Waals surface area contributed by atoms with E-state index < -0.39 is 11.9 Å². The second kappa shape index (κ2) is 6.47. The summed E-state index contributed by atoms with van der Waals surface area (Å²) >= 11 is 0. The van der Waals surface area contributed by atoms with Crippen molar-refractivity contribution in [2.24, 2.45) is 17.8 Å². The lowest BCUT2D eigenvalue weighted by molar-refractivity contribution is -0.142. The molecule has 2 amide bonds. The van der Waals surface area contributed by atoms with Gasteiger partial charge < -0.3 is 15.7 Å². The van der Waals surface area contributed by atoms with Crippen molar-refractivity contribution >= 4 is 12.0 Å². The van der Waals surface area contributed by atoms with Crippen LogP contribution in [0.15, 0.2) is 0 Å². The van der Waals surface area contributed by atoms with Crippen LogP contribution in [-0.2, 0) is 4.79 Å². The van der Waals surface area contributed by atoms with Crippen molar-refractivity contribution in [3.63, 3.8) is 0 Å². The highest BCUT2D eigenvalue weighted by atomic mass is 16.4. The molecule has 5 nitrogen and oxygen atoms in total. The van der Waals surface area contributed by atoms with Crippen LogP contribution in [-0.4, -0.2) is 30.2 Å². The van der Waals surface area contributed by atoms with Crippen molar-refractivity contribution < 1.29 is 14.7 Å². The summed E-state index contributed by atoms with van der Waals surface area (Å²) < 4.78 is 0. The van der Waals surface area contributed by atoms with Crippen LogP contribution in [0.2, 0.25) is 0 Å². The Morgan fingerprint density at radius 3 is 2.35 bits per heavy atom. The van der Waals surface area contributed by atoms with Crippen LogP contribution in [0.5, 0.6) is 0 Å². The molecule has 3 N–H and O–H groups in total. The Morgan fingerprint density at radius 1 is 1.29 bits per heavy atom. The predicted molar refractivity (Wildman–Crippen MR) is 64.7 cm³/mol. The zero-order chi connectivity index (χ0) is 12.8. The first kappa shape index (κ1) is 13.8. The molecule has 0 aromatic heterocycles. The summed E-state index contributed by atoms with van der Waals surface area (Å²) in [7, 11) is 0. The van der Waals surface area contributed by atoms with E-state index in [1.54, 1.807) is 0 Å². The van der Waals surface area contributed by atoms with Gasteiger partial charge in [0.2, 0.25) is 0 Å². The highest BCUT2D eigenvalue weighted by Gasteiger charge is 2.22. The molecular formula is C12H22N2O3. The Morgan fingerprint density at radius 2 is 1.94 bits per heavy atom. The summed E-state index contributed by atoms with van der Waals surface area (Å²) in [5.74, 6) is -0.760. The Kier molecular flexibility index (Phi) is 5.25. The maximum atomic E-state index is 11.4. The number of carboxylic acid groups (broad SMARTS) is 1. The third-order valence-corrected chi connectivity index (χ3v) is 3.38. The fourth-order valence-electron chi connectivity index (χ4n) is 1.81. The first-order valence-corrected chi connectivity index (χ1v) is 6.25. The van der Waals surface area contributed by atoms with Gasteiger partial charge in [-0.25, -0.2) is 4.79 Å². The van der Waals surface area contributed by atoms with Crippen LogP contribution in [0.25, 0.3) is 0 Å². The fraction of sp³-hybridized carbons (Fsp3) is 0.833. The van der Waals surface area contributed by atoms with E-state index in [4.69, 9.17) is 5.11 Å². The molecule has 0 heterocycles. The molecular weight excluding hydrogens is 220 g/mol. The van der Waals surface area contributed by atoms with Crippen molar-refractivity contribution in [3.05, 3.63) is 0 Å². The Labute approximate surface area is 102 Å². The highest BCUT2D eigenvalue weighted by Crippen LogP contribution is 2.24. The molecule has 1 aliphatic carbocycles. The van der Waals surface area contributed by atoms with Crippen molar-refractivity contribution in [2.75, 3.05) is 13.1 Å². The summed E-state index contributed by atoms with van der Waals surface area (Å²) in [4.78, 5) is 22.3. The van der Waals surface area contributed by atoms with Gasteiger partial charge in [-0.2, -0.15) is 0 Å². The summed E-state index contributed by atoms with van der Waals surface area (Å²) in [5.41, 5.74) is 0. The van der Waals surface area contributed by atoms with Gasteiger partial charge in [0.1, 0.15) is 0 Å². The minimum Gasteiger partial charge on any atom is -0.481 e. The molecule has 98 valence electrons. The fourth-order valence-corrected chi connectivity index (χ4v) is 1.81. The minimum absolute atomic E-state index is 0.0134. The Balaban J connectivity index is 2.18. The zero-order valence-corrected chi connectivity index (χ0v) is 10.5. The SMILES string of the molecule is CC(C)C(CNC(=O)NCC1CCC1)C(=O)O. The van der Waals surface area contributed by atoms with Crippen molar-refractivity contribution in [3.8, 4) is 0 Å². The van der Waals surface area contributed by atoms with Crippen molar-refractivity contribution in [1.29, 1.82) is 0 Å². The predicted octanol–water partition coefficient (Wildman–Crippen LogP) is 1.44. The molecule has 0 spiro atoms. The van der Waals surface area contributed by atoms with Crippen LogP contribution in [0, 0.1) is 17.8 Å². The lowest BCUT2D eigenvalue weighted by Crippen LogP contribution is -2.43. The normalized spacial score (nSPS) is 17.4.